The maximum atomic E-state index is 13.0. The molecule has 0 radical (unpaired) electrons. The molecule has 0 unspecified atom stereocenters. The second-order valence-corrected chi connectivity index (χ2v) is 9.28. The minimum absolute atomic E-state index is 0.221. The zero-order chi connectivity index (χ0) is 19.4. The fraction of sp³-hybridized carbons (Fsp3) is 0.750. The predicted molar refractivity (Wildman–Crippen MR) is 112 cm³/mol. The van der Waals surface area contributed by atoms with Crippen LogP contribution in [0.25, 0.3) is 0 Å². The summed E-state index contributed by atoms with van der Waals surface area (Å²) in [5.74, 6) is 2.00. The van der Waals surface area contributed by atoms with Crippen molar-refractivity contribution in [2.24, 2.45) is 11.8 Å². The van der Waals surface area contributed by atoms with Gasteiger partial charge in [-0.25, -0.2) is 9.97 Å². The highest BCUT2D eigenvalue weighted by molar-refractivity contribution is 9.10. The third-order valence-corrected chi connectivity index (χ3v) is 6.14. The maximum Gasteiger partial charge on any atom is 0.225 e. The first-order chi connectivity index (χ1) is 12.9. The molecule has 0 atom stereocenters. The van der Waals surface area contributed by atoms with Gasteiger partial charge in [-0.1, -0.05) is 0 Å². The number of aromatic nitrogens is 2. The quantitative estimate of drug-likeness (QED) is 0.625. The number of nitrogens with zero attached hydrogens (tertiary/aromatic N) is 5. The third kappa shape index (κ3) is 5.88. The third-order valence-electron chi connectivity index (χ3n) is 5.74. The van der Waals surface area contributed by atoms with Crippen molar-refractivity contribution >= 4 is 27.8 Å². The number of amides is 1. The van der Waals surface area contributed by atoms with E-state index in [-0.39, 0.29) is 5.92 Å². The Hall–Kier alpha value is -1.21. The Bertz CT molecular complexity index is 611. The molecule has 0 N–H and O–H groups in total. The summed E-state index contributed by atoms with van der Waals surface area (Å²) in [6.45, 7) is 2.78. The number of rotatable bonds is 8. The number of anilines is 1. The molecule has 0 aliphatic heterocycles. The van der Waals surface area contributed by atoms with Crippen molar-refractivity contribution < 1.29 is 4.79 Å². The highest BCUT2D eigenvalue weighted by Crippen LogP contribution is 2.34. The van der Waals surface area contributed by atoms with E-state index in [1.807, 2.05) is 0 Å². The van der Waals surface area contributed by atoms with Crippen LogP contribution in [0.3, 0.4) is 0 Å². The molecule has 1 aromatic rings. The predicted octanol–water partition coefficient (Wildman–Crippen LogP) is 3.03. The van der Waals surface area contributed by atoms with Crippen molar-refractivity contribution in [2.45, 2.75) is 44.6 Å². The lowest BCUT2D eigenvalue weighted by Gasteiger charge is -2.34. The van der Waals surface area contributed by atoms with Crippen LogP contribution in [0.2, 0.25) is 0 Å². The van der Waals surface area contributed by atoms with Crippen molar-refractivity contribution in [3.8, 4) is 0 Å². The van der Waals surface area contributed by atoms with Crippen LogP contribution in [0.15, 0.2) is 16.9 Å². The molecule has 27 heavy (non-hydrogen) atoms. The van der Waals surface area contributed by atoms with Crippen LogP contribution in [0.5, 0.6) is 0 Å². The normalized spacial score (nSPS) is 22.7. The molecule has 1 amide bonds. The maximum absolute atomic E-state index is 13.0. The summed E-state index contributed by atoms with van der Waals surface area (Å²) >= 11 is 3.38. The summed E-state index contributed by atoms with van der Waals surface area (Å²) in [6, 6.07) is 0.510. The standard InChI is InChI=1S/C20H32BrN5O/c1-24(2)10-11-26(18-8-9-18)19(27)16-6-4-15(5-7-16)14-25(3)20-22-12-17(21)13-23-20/h12-13,15-16,18H,4-11,14H2,1-3H3. The van der Waals surface area contributed by atoms with Crippen molar-refractivity contribution in [2.75, 3.05) is 45.7 Å². The number of halogens is 1. The fourth-order valence-electron chi connectivity index (χ4n) is 3.96. The highest BCUT2D eigenvalue weighted by Gasteiger charge is 2.37. The smallest absolute Gasteiger partial charge is 0.225 e. The Balaban J connectivity index is 1.47. The summed E-state index contributed by atoms with van der Waals surface area (Å²) in [6.07, 6.45) is 10.2. The van der Waals surface area contributed by atoms with E-state index in [9.17, 15) is 4.79 Å². The second-order valence-electron chi connectivity index (χ2n) is 8.37. The molecular weight excluding hydrogens is 406 g/mol. The lowest BCUT2D eigenvalue weighted by molar-refractivity contribution is -0.137. The van der Waals surface area contributed by atoms with Gasteiger partial charge in [0.2, 0.25) is 11.9 Å². The van der Waals surface area contributed by atoms with Gasteiger partial charge in [-0.3, -0.25) is 4.79 Å². The molecule has 7 heteroatoms. The molecule has 1 aromatic heterocycles. The number of likely N-dealkylation sites (N-methyl/N-ethyl adjacent to an activating group) is 1. The molecule has 0 aromatic carbocycles. The van der Waals surface area contributed by atoms with Gasteiger partial charge in [-0.15, -0.1) is 0 Å². The minimum Gasteiger partial charge on any atom is -0.344 e. The van der Waals surface area contributed by atoms with Crippen molar-refractivity contribution in [3.05, 3.63) is 16.9 Å². The molecule has 2 aliphatic carbocycles. The fourth-order valence-corrected chi connectivity index (χ4v) is 4.17. The lowest BCUT2D eigenvalue weighted by atomic mass is 9.81. The largest absolute Gasteiger partial charge is 0.344 e. The zero-order valence-corrected chi connectivity index (χ0v) is 18.4. The highest BCUT2D eigenvalue weighted by atomic mass is 79.9. The van der Waals surface area contributed by atoms with Crippen LogP contribution < -0.4 is 4.90 Å². The number of carbonyl (C=O) groups is 1. The van der Waals surface area contributed by atoms with Crippen LogP contribution in [0, 0.1) is 11.8 Å². The van der Waals surface area contributed by atoms with Gasteiger partial charge in [0.15, 0.2) is 0 Å². The van der Waals surface area contributed by atoms with Crippen molar-refractivity contribution in [1.29, 1.82) is 0 Å². The molecule has 2 aliphatic rings. The average molecular weight is 438 g/mol. The Morgan fingerprint density at radius 2 is 1.67 bits per heavy atom. The van der Waals surface area contributed by atoms with E-state index in [2.05, 4.69) is 61.7 Å². The van der Waals surface area contributed by atoms with E-state index in [1.54, 1.807) is 12.4 Å². The minimum atomic E-state index is 0.221. The molecule has 1 heterocycles. The molecule has 3 rings (SSSR count). The van der Waals surface area contributed by atoms with E-state index in [0.29, 0.717) is 17.9 Å². The van der Waals surface area contributed by atoms with Crippen LogP contribution in [0.4, 0.5) is 5.95 Å². The van der Waals surface area contributed by atoms with Crippen LogP contribution in [-0.2, 0) is 4.79 Å². The van der Waals surface area contributed by atoms with Gasteiger partial charge in [-0.05, 0) is 74.5 Å². The van der Waals surface area contributed by atoms with E-state index < -0.39 is 0 Å². The van der Waals surface area contributed by atoms with E-state index >= 15 is 0 Å². The van der Waals surface area contributed by atoms with E-state index in [1.165, 1.54) is 12.8 Å². The lowest BCUT2D eigenvalue weighted by Crippen LogP contribution is -2.43. The Morgan fingerprint density at radius 1 is 1.04 bits per heavy atom. The molecular formula is C20H32BrN5O. The Kier molecular flexibility index (Phi) is 7.09. The summed E-state index contributed by atoms with van der Waals surface area (Å²) in [5.41, 5.74) is 0. The zero-order valence-electron chi connectivity index (χ0n) is 16.8. The first-order valence-electron chi connectivity index (χ1n) is 10.1. The molecule has 6 nitrogen and oxygen atoms in total. The van der Waals surface area contributed by atoms with Crippen LogP contribution in [-0.4, -0.2) is 72.5 Å². The van der Waals surface area contributed by atoms with Gasteiger partial charge in [0.1, 0.15) is 0 Å². The number of carbonyl (C=O) groups excluding carboxylic acids is 1. The van der Waals surface area contributed by atoms with Gasteiger partial charge in [0.05, 0.1) is 4.47 Å². The summed E-state index contributed by atoms with van der Waals surface area (Å²) in [5, 5.41) is 0. The molecule has 0 saturated heterocycles. The summed E-state index contributed by atoms with van der Waals surface area (Å²) in [7, 11) is 6.20. The van der Waals surface area contributed by atoms with Crippen molar-refractivity contribution in [1.82, 2.24) is 19.8 Å². The van der Waals surface area contributed by atoms with Crippen LogP contribution in [0.1, 0.15) is 38.5 Å². The number of hydrogen-bond acceptors (Lipinski definition) is 5. The second kappa shape index (κ2) is 9.32. The first kappa shape index (κ1) is 20.5. The molecule has 0 spiro atoms. The average Bonchev–Trinajstić information content (AvgIpc) is 3.47. The van der Waals surface area contributed by atoms with Crippen molar-refractivity contribution in [3.63, 3.8) is 0 Å². The monoisotopic (exact) mass is 437 g/mol. The topological polar surface area (TPSA) is 52.6 Å². The first-order valence-corrected chi connectivity index (χ1v) is 10.9. The van der Waals surface area contributed by atoms with E-state index in [4.69, 9.17) is 0 Å². The Labute approximate surface area is 171 Å². The van der Waals surface area contributed by atoms with Crippen LogP contribution >= 0.6 is 15.9 Å². The number of hydrogen-bond donors (Lipinski definition) is 0. The molecule has 2 fully saturated rings. The molecule has 2 saturated carbocycles. The summed E-state index contributed by atoms with van der Waals surface area (Å²) < 4.78 is 0.896. The van der Waals surface area contributed by atoms with Gasteiger partial charge < -0.3 is 14.7 Å². The van der Waals surface area contributed by atoms with Gasteiger partial charge in [0, 0.05) is 51.0 Å². The SMILES string of the molecule is CN(C)CCN(C(=O)C1CCC(CN(C)c2ncc(Br)cn2)CC1)C1CC1. The molecule has 0 bridgehead atoms. The van der Waals surface area contributed by atoms with Gasteiger partial charge >= 0.3 is 0 Å². The Morgan fingerprint density at radius 3 is 2.22 bits per heavy atom. The van der Waals surface area contributed by atoms with Gasteiger partial charge in [0.25, 0.3) is 0 Å². The van der Waals surface area contributed by atoms with Gasteiger partial charge in [-0.2, -0.15) is 0 Å². The summed E-state index contributed by atoms with van der Waals surface area (Å²) in [4.78, 5) is 28.3. The van der Waals surface area contributed by atoms with E-state index in [0.717, 1.165) is 55.7 Å². The molecule has 150 valence electrons.